The van der Waals surface area contributed by atoms with Crippen LogP contribution in [-0.2, 0) is 12.8 Å². The van der Waals surface area contributed by atoms with E-state index in [1.165, 1.54) is 16.0 Å². The molecule has 2 aromatic carbocycles. The van der Waals surface area contributed by atoms with Crippen molar-refractivity contribution in [1.82, 2.24) is 4.98 Å². The lowest BCUT2D eigenvalue weighted by Crippen LogP contribution is -2.01. The van der Waals surface area contributed by atoms with Crippen molar-refractivity contribution in [2.45, 2.75) is 19.8 Å². The maximum Gasteiger partial charge on any atom is 0.272 e. The first kappa shape index (κ1) is 15.7. The number of nitro benzene ring substituents is 1. The fourth-order valence-corrected chi connectivity index (χ4v) is 3.94. The molecule has 6 heteroatoms. The van der Waals surface area contributed by atoms with E-state index in [1.54, 1.807) is 36.6 Å². The van der Waals surface area contributed by atoms with E-state index in [9.17, 15) is 10.1 Å². The molecule has 1 aliphatic carbocycles. The Morgan fingerprint density at radius 1 is 1.24 bits per heavy atom. The van der Waals surface area contributed by atoms with E-state index >= 15 is 0 Å². The molecule has 3 aromatic rings. The first-order valence-corrected chi connectivity index (χ1v) is 8.80. The van der Waals surface area contributed by atoms with Crippen molar-refractivity contribution in [1.29, 1.82) is 0 Å². The van der Waals surface area contributed by atoms with Crippen LogP contribution >= 0.6 is 11.3 Å². The standard InChI is InChI=1S/C19H15N3O2S/c1-12-6-7-13(10-16(12)22(23)24)11-20-19-21-18-15-5-3-2-4-14(15)8-9-17(18)25-19/h2-7,10-11H,8-9H2,1H3. The third-order valence-corrected chi connectivity index (χ3v) is 5.36. The average Bonchev–Trinajstić information content (AvgIpc) is 3.04. The second kappa shape index (κ2) is 6.22. The summed E-state index contributed by atoms with van der Waals surface area (Å²) in [7, 11) is 0. The largest absolute Gasteiger partial charge is 0.272 e. The maximum absolute atomic E-state index is 11.0. The van der Waals surface area contributed by atoms with Crippen LogP contribution in [-0.4, -0.2) is 16.1 Å². The van der Waals surface area contributed by atoms with E-state index in [0.29, 0.717) is 16.3 Å². The summed E-state index contributed by atoms with van der Waals surface area (Å²) in [5.74, 6) is 0. The molecule has 4 rings (SSSR count). The number of aliphatic imine (C=N–C) groups is 1. The molecule has 25 heavy (non-hydrogen) atoms. The molecule has 0 aliphatic heterocycles. The first-order valence-electron chi connectivity index (χ1n) is 7.99. The molecule has 124 valence electrons. The molecule has 0 fully saturated rings. The Morgan fingerprint density at radius 2 is 2.08 bits per heavy atom. The molecule has 1 heterocycles. The third kappa shape index (κ3) is 2.96. The van der Waals surface area contributed by atoms with E-state index in [1.807, 2.05) is 12.1 Å². The van der Waals surface area contributed by atoms with Gasteiger partial charge in [-0.25, -0.2) is 9.98 Å². The molecule has 1 aromatic heterocycles. The lowest BCUT2D eigenvalue weighted by molar-refractivity contribution is -0.385. The van der Waals surface area contributed by atoms with Crippen molar-refractivity contribution < 1.29 is 4.92 Å². The summed E-state index contributed by atoms with van der Waals surface area (Å²) in [5.41, 5.74) is 4.98. The number of nitro groups is 1. The fraction of sp³-hybridized carbons (Fsp3) is 0.158. The van der Waals surface area contributed by atoms with E-state index in [0.717, 1.165) is 18.5 Å². The maximum atomic E-state index is 11.0. The van der Waals surface area contributed by atoms with Gasteiger partial charge in [0.05, 0.1) is 10.6 Å². The van der Waals surface area contributed by atoms with Crippen molar-refractivity contribution >= 4 is 28.4 Å². The normalized spacial score (nSPS) is 12.8. The van der Waals surface area contributed by atoms with Gasteiger partial charge in [-0.05, 0) is 30.9 Å². The fourth-order valence-electron chi connectivity index (χ4n) is 3.03. The summed E-state index contributed by atoms with van der Waals surface area (Å²) in [4.78, 5) is 21.0. The van der Waals surface area contributed by atoms with Crippen LogP contribution in [0.2, 0.25) is 0 Å². The van der Waals surface area contributed by atoms with Crippen LogP contribution in [0.3, 0.4) is 0 Å². The average molecular weight is 349 g/mol. The van der Waals surface area contributed by atoms with Gasteiger partial charge in [0.25, 0.3) is 5.69 Å². The zero-order valence-electron chi connectivity index (χ0n) is 13.6. The molecule has 0 saturated heterocycles. The van der Waals surface area contributed by atoms with Gasteiger partial charge in [0.15, 0.2) is 0 Å². The molecule has 1 aliphatic rings. The van der Waals surface area contributed by atoms with Crippen LogP contribution in [0.4, 0.5) is 10.8 Å². The number of aryl methyl sites for hydroxylation is 3. The van der Waals surface area contributed by atoms with Gasteiger partial charge in [-0.1, -0.05) is 47.7 Å². The van der Waals surface area contributed by atoms with Crippen LogP contribution in [0.1, 0.15) is 21.6 Å². The first-order chi connectivity index (χ1) is 12.1. The van der Waals surface area contributed by atoms with Gasteiger partial charge in [0, 0.05) is 28.3 Å². The molecule has 0 unspecified atom stereocenters. The monoisotopic (exact) mass is 349 g/mol. The van der Waals surface area contributed by atoms with Crippen LogP contribution in [0.25, 0.3) is 11.3 Å². The lowest BCUT2D eigenvalue weighted by Gasteiger charge is -2.13. The van der Waals surface area contributed by atoms with Gasteiger partial charge >= 0.3 is 0 Å². The minimum atomic E-state index is -0.369. The number of hydrogen-bond acceptors (Lipinski definition) is 5. The van der Waals surface area contributed by atoms with Gasteiger partial charge in [-0.2, -0.15) is 0 Å². The molecule has 0 N–H and O–H groups in total. The molecule has 0 bridgehead atoms. The molecule has 0 amide bonds. The van der Waals surface area contributed by atoms with Crippen LogP contribution in [0.15, 0.2) is 47.5 Å². The van der Waals surface area contributed by atoms with E-state index < -0.39 is 0 Å². The van der Waals surface area contributed by atoms with Gasteiger partial charge in [0.2, 0.25) is 5.13 Å². The van der Waals surface area contributed by atoms with Gasteiger partial charge in [-0.15, -0.1) is 0 Å². The summed E-state index contributed by atoms with van der Waals surface area (Å²) in [6.45, 7) is 1.73. The van der Waals surface area contributed by atoms with Crippen LogP contribution < -0.4 is 0 Å². The number of aromatic nitrogens is 1. The third-order valence-electron chi connectivity index (χ3n) is 4.33. The minimum Gasteiger partial charge on any atom is -0.258 e. The molecular weight excluding hydrogens is 334 g/mol. The lowest BCUT2D eigenvalue weighted by atomic mass is 9.94. The number of hydrogen-bond donors (Lipinski definition) is 0. The zero-order valence-corrected chi connectivity index (χ0v) is 14.4. The summed E-state index contributed by atoms with van der Waals surface area (Å²) in [6.07, 6.45) is 3.65. The minimum absolute atomic E-state index is 0.108. The number of nitrogens with zero attached hydrogens (tertiary/aromatic N) is 3. The summed E-state index contributed by atoms with van der Waals surface area (Å²) in [6, 6.07) is 13.4. The summed E-state index contributed by atoms with van der Waals surface area (Å²) in [5, 5.41) is 11.7. The summed E-state index contributed by atoms with van der Waals surface area (Å²) >= 11 is 1.59. The second-order valence-corrected chi connectivity index (χ2v) is 7.05. The molecule has 0 atom stereocenters. The number of thiazole rings is 1. The molecule has 5 nitrogen and oxygen atoms in total. The second-order valence-electron chi connectivity index (χ2n) is 5.99. The highest BCUT2D eigenvalue weighted by Crippen LogP contribution is 2.38. The quantitative estimate of drug-likeness (QED) is 0.384. The van der Waals surface area contributed by atoms with E-state index in [-0.39, 0.29) is 10.6 Å². The number of benzene rings is 2. The Hall–Kier alpha value is -2.86. The Labute approximate surface area is 148 Å². The van der Waals surface area contributed by atoms with Crippen molar-refractivity contribution in [2.75, 3.05) is 0 Å². The van der Waals surface area contributed by atoms with Crippen LogP contribution in [0.5, 0.6) is 0 Å². The Morgan fingerprint density at radius 3 is 2.92 bits per heavy atom. The molecule has 0 saturated carbocycles. The predicted octanol–water partition coefficient (Wildman–Crippen LogP) is 4.88. The van der Waals surface area contributed by atoms with Crippen molar-refractivity contribution in [3.8, 4) is 11.3 Å². The van der Waals surface area contributed by atoms with Crippen molar-refractivity contribution in [3.05, 3.63) is 74.1 Å². The Kier molecular flexibility index (Phi) is 3.89. The number of fused-ring (bicyclic) bond motifs is 3. The smallest absolute Gasteiger partial charge is 0.258 e. The molecule has 0 spiro atoms. The Bertz CT molecular complexity index is 1010. The van der Waals surface area contributed by atoms with E-state index in [4.69, 9.17) is 0 Å². The molecule has 0 radical (unpaired) electrons. The van der Waals surface area contributed by atoms with Crippen molar-refractivity contribution in [2.24, 2.45) is 4.99 Å². The molecular formula is C19H15N3O2S. The Balaban J connectivity index is 1.65. The SMILES string of the molecule is Cc1ccc(C=Nc2nc3c(s2)CCc2ccccc2-3)cc1[N+](=O)[O-]. The highest BCUT2D eigenvalue weighted by molar-refractivity contribution is 7.15. The number of rotatable bonds is 3. The summed E-state index contributed by atoms with van der Waals surface area (Å²) < 4.78 is 0. The predicted molar refractivity (Wildman–Crippen MR) is 100 cm³/mol. The highest BCUT2D eigenvalue weighted by Gasteiger charge is 2.20. The topological polar surface area (TPSA) is 68.4 Å². The van der Waals surface area contributed by atoms with E-state index in [2.05, 4.69) is 28.2 Å². The van der Waals surface area contributed by atoms with Crippen LogP contribution in [0, 0.1) is 17.0 Å². The van der Waals surface area contributed by atoms with Crippen molar-refractivity contribution in [3.63, 3.8) is 0 Å². The van der Waals surface area contributed by atoms with Gasteiger partial charge < -0.3 is 0 Å². The van der Waals surface area contributed by atoms with Gasteiger partial charge in [0.1, 0.15) is 0 Å². The highest BCUT2D eigenvalue weighted by atomic mass is 32.1. The zero-order chi connectivity index (χ0) is 17.4. The van der Waals surface area contributed by atoms with Gasteiger partial charge in [-0.3, -0.25) is 10.1 Å².